The number of fused-ring (bicyclic) bond motifs is 2. The molecule has 4 rings (SSSR count). The maximum Gasteiger partial charge on any atom is 0.290 e. The normalized spacial score (nSPS) is 14.0. The molecule has 1 aromatic carbocycles. The fourth-order valence-electron chi connectivity index (χ4n) is 3.26. The van der Waals surface area contributed by atoms with Crippen molar-refractivity contribution in [3.63, 3.8) is 0 Å². The Labute approximate surface area is 138 Å². The van der Waals surface area contributed by atoms with E-state index in [-0.39, 0.29) is 11.5 Å². The van der Waals surface area contributed by atoms with Gasteiger partial charge in [0.05, 0.1) is 12.2 Å². The summed E-state index contributed by atoms with van der Waals surface area (Å²) >= 11 is 0. The summed E-state index contributed by atoms with van der Waals surface area (Å²) in [4.78, 5) is 33.7. The van der Waals surface area contributed by atoms with Crippen molar-refractivity contribution < 1.29 is 9.21 Å². The number of aryl methyl sites for hydroxylation is 2. The summed E-state index contributed by atoms with van der Waals surface area (Å²) in [5.41, 5.74) is 2.79. The van der Waals surface area contributed by atoms with Crippen molar-refractivity contribution in [2.75, 3.05) is 6.54 Å². The van der Waals surface area contributed by atoms with E-state index < -0.39 is 0 Å². The molecule has 1 aliphatic heterocycles. The molecule has 1 amide bonds. The number of H-pyrrole nitrogens is 1. The molecule has 0 aliphatic carbocycles. The minimum Gasteiger partial charge on any atom is -0.451 e. The van der Waals surface area contributed by atoms with Gasteiger partial charge in [-0.3, -0.25) is 9.59 Å². The Kier molecular flexibility index (Phi) is 3.26. The summed E-state index contributed by atoms with van der Waals surface area (Å²) in [5, 5.41) is 0.948. The molecule has 122 valence electrons. The Morgan fingerprint density at radius 1 is 1.29 bits per heavy atom. The summed E-state index contributed by atoms with van der Waals surface area (Å²) in [5.74, 6) is 0.767. The summed E-state index contributed by atoms with van der Waals surface area (Å²) in [6.07, 6.45) is 0.503. The maximum absolute atomic E-state index is 12.9. The van der Waals surface area contributed by atoms with Gasteiger partial charge in [0.1, 0.15) is 11.4 Å². The van der Waals surface area contributed by atoms with E-state index in [4.69, 9.17) is 4.42 Å². The highest BCUT2D eigenvalue weighted by atomic mass is 16.3. The Bertz CT molecular complexity index is 1020. The molecule has 2 aromatic heterocycles. The fourth-order valence-corrected chi connectivity index (χ4v) is 3.26. The number of amides is 1. The summed E-state index contributed by atoms with van der Waals surface area (Å²) < 4.78 is 5.77. The average Bonchev–Trinajstić information content (AvgIpc) is 2.91. The van der Waals surface area contributed by atoms with Crippen molar-refractivity contribution in [2.24, 2.45) is 0 Å². The number of benzene rings is 1. The number of rotatable bonds is 1. The first-order valence-electron chi connectivity index (χ1n) is 7.90. The van der Waals surface area contributed by atoms with Gasteiger partial charge in [0.2, 0.25) is 0 Å². The molecular weight excluding hydrogens is 306 g/mol. The predicted molar refractivity (Wildman–Crippen MR) is 89.0 cm³/mol. The third-order valence-electron chi connectivity index (χ3n) is 4.52. The molecule has 0 spiro atoms. The van der Waals surface area contributed by atoms with Crippen LogP contribution in [0.4, 0.5) is 0 Å². The molecule has 0 saturated heterocycles. The van der Waals surface area contributed by atoms with E-state index in [1.165, 1.54) is 0 Å². The first kappa shape index (κ1) is 14.7. The molecular formula is C18H17N3O3. The van der Waals surface area contributed by atoms with Gasteiger partial charge in [-0.05, 0) is 26.3 Å². The van der Waals surface area contributed by atoms with Gasteiger partial charge < -0.3 is 14.3 Å². The minimum atomic E-state index is -0.158. The lowest BCUT2D eigenvalue weighted by atomic mass is 10.1. The Morgan fingerprint density at radius 3 is 2.88 bits per heavy atom. The topological polar surface area (TPSA) is 79.2 Å². The number of nitrogens with zero attached hydrogens (tertiary/aromatic N) is 2. The second-order valence-electron chi connectivity index (χ2n) is 6.11. The van der Waals surface area contributed by atoms with Gasteiger partial charge in [0.15, 0.2) is 5.76 Å². The highest BCUT2D eigenvalue weighted by Gasteiger charge is 2.28. The van der Waals surface area contributed by atoms with Gasteiger partial charge in [-0.15, -0.1) is 0 Å². The number of furan rings is 1. The second kappa shape index (κ2) is 5.33. The van der Waals surface area contributed by atoms with E-state index in [1.54, 1.807) is 11.8 Å². The van der Waals surface area contributed by atoms with Crippen LogP contribution in [0, 0.1) is 13.8 Å². The van der Waals surface area contributed by atoms with Crippen molar-refractivity contribution >= 4 is 16.9 Å². The van der Waals surface area contributed by atoms with E-state index in [2.05, 4.69) is 9.97 Å². The monoisotopic (exact) mass is 323 g/mol. The van der Waals surface area contributed by atoms with Crippen LogP contribution >= 0.6 is 0 Å². The number of carbonyl (C=O) groups is 1. The molecule has 6 heteroatoms. The number of nitrogens with one attached hydrogen (secondary N) is 1. The van der Waals surface area contributed by atoms with Crippen LogP contribution in [0.25, 0.3) is 11.0 Å². The van der Waals surface area contributed by atoms with Crippen LogP contribution in [0.15, 0.2) is 33.5 Å². The lowest BCUT2D eigenvalue weighted by Gasteiger charge is -2.27. The van der Waals surface area contributed by atoms with Crippen molar-refractivity contribution in [3.8, 4) is 0 Å². The number of para-hydroxylation sites is 1. The zero-order valence-electron chi connectivity index (χ0n) is 13.5. The maximum atomic E-state index is 12.9. The van der Waals surface area contributed by atoms with Gasteiger partial charge in [0, 0.05) is 23.1 Å². The first-order chi connectivity index (χ1) is 11.5. The van der Waals surface area contributed by atoms with Crippen molar-refractivity contribution in [1.82, 2.24) is 14.9 Å². The highest BCUT2D eigenvalue weighted by molar-refractivity contribution is 5.99. The SMILES string of the molecule is Cc1nc2c(c(=O)[nH]1)CCN(C(=O)c1oc3ccccc3c1C)C2. The van der Waals surface area contributed by atoms with Crippen LogP contribution in [-0.4, -0.2) is 27.3 Å². The number of aromatic nitrogens is 2. The summed E-state index contributed by atoms with van der Waals surface area (Å²) in [6.45, 7) is 4.45. The zero-order valence-corrected chi connectivity index (χ0v) is 13.5. The molecule has 24 heavy (non-hydrogen) atoms. The van der Waals surface area contributed by atoms with Crippen LogP contribution in [0.2, 0.25) is 0 Å². The smallest absolute Gasteiger partial charge is 0.290 e. The summed E-state index contributed by atoms with van der Waals surface area (Å²) in [7, 11) is 0. The van der Waals surface area contributed by atoms with E-state index in [9.17, 15) is 9.59 Å². The lowest BCUT2D eigenvalue weighted by Crippen LogP contribution is -2.39. The molecule has 1 N–H and O–H groups in total. The molecule has 0 unspecified atom stereocenters. The number of carbonyl (C=O) groups excluding carboxylic acids is 1. The largest absolute Gasteiger partial charge is 0.451 e. The standard InChI is InChI=1S/C18H17N3O3/c1-10-12-5-3-4-6-15(12)24-16(10)18(23)21-8-7-13-14(9-21)19-11(2)20-17(13)22/h3-6H,7-9H2,1-2H3,(H,19,20,22). The predicted octanol–water partition coefficient (Wildman–Crippen LogP) is 2.33. The Balaban J connectivity index is 1.70. The minimum absolute atomic E-state index is 0.107. The molecule has 3 heterocycles. The van der Waals surface area contributed by atoms with Crippen LogP contribution < -0.4 is 5.56 Å². The molecule has 0 bridgehead atoms. The van der Waals surface area contributed by atoms with Crippen molar-refractivity contribution in [2.45, 2.75) is 26.8 Å². The molecule has 0 saturated carbocycles. The zero-order chi connectivity index (χ0) is 16.8. The third kappa shape index (κ3) is 2.22. The van der Waals surface area contributed by atoms with Crippen molar-refractivity contribution in [1.29, 1.82) is 0 Å². The quantitative estimate of drug-likeness (QED) is 0.745. The third-order valence-corrected chi connectivity index (χ3v) is 4.52. The number of hydrogen-bond acceptors (Lipinski definition) is 4. The van der Waals surface area contributed by atoms with E-state index >= 15 is 0 Å². The molecule has 6 nitrogen and oxygen atoms in total. The molecule has 0 radical (unpaired) electrons. The summed E-state index contributed by atoms with van der Waals surface area (Å²) in [6, 6.07) is 7.61. The van der Waals surface area contributed by atoms with Crippen LogP contribution in [0.5, 0.6) is 0 Å². The van der Waals surface area contributed by atoms with Gasteiger partial charge in [-0.1, -0.05) is 18.2 Å². The van der Waals surface area contributed by atoms with E-state index in [0.29, 0.717) is 47.9 Å². The van der Waals surface area contributed by atoms with Crippen molar-refractivity contribution in [3.05, 3.63) is 63.0 Å². The van der Waals surface area contributed by atoms with Gasteiger partial charge in [-0.2, -0.15) is 0 Å². The van der Waals surface area contributed by atoms with Gasteiger partial charge in [0.25, 0.3) is 11.5 Å². The Hall–Kier alpha value is -2.89. The second-order valence-corrected chi connectivity index (χ2v) is 6.11. The molecule has 0 fully saturated rings. The lowest BCUT2D eigenvalue weighted by molar-refractivity contribution is 0.0700. The van der Waals surface area contributed by atoms with Gasteiger partial charge >= 0.3 is 0 Å². The highest BCUT2D eigenvalue weighted by Crippen LogP contribution is 2.27. The Morgan fingerprint density at radius 2 is 2.08 bits per heavy atom. The van der Waals surface area contributed by atoms with Crippen LogP contribution in [0.1, 0.15) is 33.2 Å². The molecule has 3 aromatic rings. The fraction of sp³-hybridized carbons (Fsp3) is 0.278. The number of aromatic amines is 1. The van der Waals surface area contributed by atoms with E-state index in [1.807, 2.05) is 31.2 Å². The first-order valence-corrected chi connectivity index (χ1v) is 7.90. The number of hydrogen-bond donors (Lipinski definition) is 1. The molecule has 1 aliphatic rings. The van der Waals surface area contributed by atoms with Gasteiger partial charge in [-0.25, -0.2) is 4.98 Å². The van der Waals surface area contributed by atoms with Crippen LogP contribution in [-0.2, 0) is 13.0 Å². The van der Waals surface area contributed by atoms with E-state index in [0.717, 1.165) is 10.9 Å². The van der Waals surface area contributed by atoms with Crippen LogP contribution in [0.3, 0.4) is 0 Å². The molecule has 0 atom stereocenters. The average molecular weight is 323 g/mol.